The van der Waals surface area contributed by atoms with Gasteiger partial charge in [0.1, 0.15) is 12.4 Å². The Morgan fingerprint density at radius 1 is 1.09 bits per heavy atom. The number of sulfonamides is 1. The van der Waals surface area contributed by atoms with Gasteiger partial charge in [-0.15, -0.1) is 0 Å². The molecular formula is C25H35FN2O3S. The third kappa shape index (κ3) is 5.88. The van der Waals surface area contributed by atoms with Gasteiger partial charge in [0, 0.05) is 26.1 Å². The zero-order chi connectivity index (χ0) is 23.5. The predicted octanol–water partition coefficient (Wildman–Crippen LogP) is 4.45. The molecule has 0 amide bonds. The summed E-state index contributed by atoms with van der Waals surface area (Å²) >= 11 is 0. The van der Waals surface area contributed by atoms with E-state index < -0.39 is 22.4 Å². The summed E-state index contributed by atoms with van der Waals surface area (Å²) in [5, 5.41) is 10.5. The average molecular weight is 463 g/mol. The van der Waals surface area contributed by atoms with Crippen LogP contribution >= 0.6 is 0 Å². The summed E-state index contributed by atoms with van der Waals surface area (Å²) in [6.45, 7) is 9.39. The Morgan fingerprint density at radius 2 is 1.72 bits per heavy atom. The quantitative estimate of drug-likeness (QED) is 0.630. The molecule has 32 heavy (non-hydrogen) atoms. The van der Waals surface area contributed by atoms with E-state index in [0.29, 0.717) is 44.6 Å². The Hall–Kier alpha value is -1.96. The van der Waals surface area contributed by atoms with Gasteiger partial charge >= 0.3 is 0 Å². The second-order valence-electron chi connectivity index (χ2n) is 9.26. The molecule has 3 rings (SSSR count). The van der Waals surface area contributed by atoms with E-state index in [1.54, 1.807) is 24.3 Å². The second kappa shape index (κ2) is 10.3. The zero-order valence-corrected chi connectivity index (χ0v) is 20.3. The summed E-state index contributed by atoms with van der Waals surface area (Å²) in [6, 6.07) is 12.5. The van der Waals surface area contributed by atoms with Crippen molar-refractivity contribution in [3.05, 3.63) is 59.2 Å². The van der Waals surface area contributed by atoms with Crippen LogP contribution in [-0.4, -0.2) is 50.5 Å². The third-order valence-corrected chi connectivity index (χ3v) is 7.76. The van der Waals surface area contributed by atoms with E-state index in [1.165, 1.54) is 4.31 Å². The molecule has 1 fully saturated rings. The summed E-state index contributed by atoms with van der Waals surface area (Å²) in [7, 11) is -3.74. The van der Waals surface area contributed by atoms with Crippen molar-refractivity contribution in [3.8, 4) is 0 Å². The number of halogens is 1. The Bertz CT molecular complexity index is 1000. The van der Waals surface area contributed by atoms with Gasteiger partial charge in [0.15, 0.2) is 0 Å². The number of piperidine rings is 1. The van der Waals surface area contributed by atoms with Gasteiger partial charge < -0.3 is 5.11 Å². The SMILES string of the molecule is Cc1ccc(N(CC(C)C)S(=O)(=O)c2ccc(CC(O)N3CCC(F)CC3)cc2)c(C)c1. The molecule has 1 aliphatic heterocycles. The van der Waals surface area contributed by atoms with E-state index in [2.05, 4.69) is 0 Å². The predicted molar refractivity (Wildman–Crippen MR) is 127 cm³/mol. The maximum Gasteiger partial charge on any atom is 0.264 e. The van der Waals surface area contributed by atoms with Gasteiger partial charge in [-0.1, -0.05) is 43.7 Å². The smallest absolute Gasteiger partial charge is 0.264 e. The van der Waals surface area contributed by atoms with E-state index in [1.807, 2.05) is 50.8 Å². The van der Waals surface area contributed by atoms with Crippen LogP contribution in [0.5, 0.6) is 0 Å². The lowest BCUT2D eigenvalue weighted by Gasteiger charge is -2.32. The first-order valence-corrected chi connectivity index (χ1v) is 12.8. The van der Waals surface area contributed by atoms with Gasteiger partial charge in [0.05, 0.1) is 10.6 Å². The fourth-order valence-corrected chi connectivity index (χ4v) is 5.87. The molecule has 1 aliphatic rings. The molecule has 1 heterocycles. The first-order valence-electron chi connectivity index (χ1n) is 11.3. The van der Waals surface area contributed by atoms with E-state index in [-0.39, 0.29) is 10.8 Å². The maximum atomic E-state index is 13.5. The van der Waals surface area contributed by atoms with Crippen LogP contribution in [0.3, 0.4) is 0 Å². The highest BCUT2D eigenvalue weighted by molar-refractivity contribution is 7.92. The normalized spacial score (nSPS) is 17.0. The van der Waals surface area contributed by atoms with Gasteiger partial charge in [-0.2, -0.15) is 0 Å². The van der Waals surface area contributed by atoms with Crippen LogP contribution < -0.4 is 4.31 Å². The number of anilines is 1. The molecular weight excluding hydrogens is 427 g/mol. The van der Waals surface area contributed by atoms with Crippen LogP contribution in [0.2, 0.25) is 0 Å². The maximum absolute atomic E-state index is 13.5. The summed E-state index contributed by atoms with van der Waals surface area (Å²) < 4.78 is 41.9. The van der Waals surface area contributed by atoms with Crippen LogP contribution in [0, 0.1) is 19.8 Å². The summed E-state index contributed by atoms with van der Waals surface area (Å²) in [6.07, 6.45) is -0.215. The number of rotatable bonds is 8. The largest absolute Gasteiger partial charge is 0.378 e. The van der Waals surface area contributed by atoms with Gasteiger partial charge in [-0.3, -0.25) is 9.21 Å². The van der Waals surface area contributed by atoms with E-state index >= 15 is 0 Å². The minimum absolute atomic E-state index is 0.161. The van der Waals surface area contributed by atoms with Crippen LogP contribution in [-0.2, 0) is 16.4 Å². The highest BCUT2D eigenvalue weighted by Gasteiger charge is 2.27. The molecule has 1 N–H and O–H groups in total. The molecule has 0 radical (unpaired) electrons. The first kappa shape index (κ1) is 24.7. The topological polar surface area (TPSA) is 60.9 Å². The molecule has 1 unspecified atom stereocenters. The van der Waals surface area contributed by atoms with Crippen molar-refractivity contribution in [2.75, 3.05) is 23.9 Å². The fourth-order valence-electron chi connectivity index (χ4n) is 4.17. The molecule has 7 heteroatoms. The lowest BCUT2D eigenvalue weighted by atomic mass is 10.1. The third-order valence-electron chi connectivity index (χ3n) is 5.96. The Balaban J connectivity index is 1.80. The second-order valence-corrected chi connectivity index (χ2v) is 11.1. The van der Waals surface area contributed by atoms with Crippen molar-refractivity contribution in [2.24, 2.45) is 5.92 Å². The van der Waals surface area contributed by atoms with Crippen molar-refractivity contribution in [1.82, 2.24) is 4.90 Å². The zero-order valence-electron chi connectivity index (χ0n) is 19.5. The van der Waals surface area contributed by atoms with Crippen molar-refractivity contribution in [1.29, 1.82) is 0 Å². The van der Waals surface area contributed by atoms with Crippen molar-refractivity contribution in [3.63, 3.8) is 0 Å². The number of benzene rings is 2. The van der Waals surface area contributed by atoms with Crippen molar-refractivity contribution < 1.29 is 17.9 Å². The number of hydrogen-bond acceptors (Lipinski definition) is 4. The molecule has 2 aromatic carbocycles. The van der Waals surface area contributed by atoms with Gasteiger partial charge in [-0.25, -0.2) is 12.8 Å². The van der Waals surface area contributed by atoms with Crippen LogP contribution in [0.25, 0.3) is 0 Å². The Labute approximate surface area is 191 Å². The van der Waals surface area contributed by atoms with Crippen LogP contribution in [0.15, 0.2) is 47.4 Å². The highest BCUT2D eigenvalue weighted by atomic mass is 32.2. The monoisotopic (exact) mass is 462 g/mol. The van der Waals surface area contributed by atoms with Gasteiger partial charge in [-0.05, 0) is 61.9 Å². The highest BCUT2D eigenvalue weighted by Crippen LogP contribution is 2.29. The summed E-state index contributed by atoms with van der Waals surface area (Å²) in [5.41, 5.74) is 3.55. The number of aliphatic hydroxyl groups is 1. The molecule has 0 aliphatic carbocycles. The molecule has 0 bridgehead atoms. The molecule has 2 aromatic rings. The van der Waals surface area contributed by atoms with E-state index in [4.69, 9.17) is 0 Å². The summed E-state index contributed by atoms with van der Waals surface area (Å²) in [5.74, 6) is 0.161. The number of aliphatic hydroxyl groups excluding tert-OH is 1. The lowest BCUT2D eigenvalue weighted by molar-refractivity contribution is -0.0195. The van der Waals surface area contributed by atoms with Crippen molar-refractivity contribution in [2.45, 2.75) is 64.3 Å². The fraction of sp³-hybridized carbons (Fsp3) is 0.520. The Morgan fingerprint density at radius 3 is 2.28 bits per heavy atom. The standard InChI is InChI=1S/C25H35FN2O3S/c1-18(2)17-28(24-10-5-19(3)15-20(24)4)32(30,31)23-8-6-21(7-9-23)16-25(29)27-13-11-22(26)12-14-27/h5-10,15,18,22,25,29H,11-14,16-17H2,1-4H3. The number of likely N-dealkylation sites (tertiary alicyclic amines) is 1. The summed E-state index contributed by atoms with van der Waals surface area (Å²) in [4.78, 5) is 2.11. The molecule has 0 saturated carbocycles. The van der Waals surface area contributed by atoms with Crippen molar-refractivity contribution >= 4 is 15.7 Å². The number of aryl methyl sites for hydroxylation is 2. The van der Waals surface area contributed by atoms with E-state index in [9.17, 15) is 17.9 Å². The van der Waals surface area contributed by atoms with Crippen LogP contribution in [0.1, 0.15) is 43.4 Å². The van der Waals surface area contributed by atoms with E-state index in [0.717, 1.165) is 16.7 Å². The van der Waals surface area contributed by atoms with Gasteiger partial charge in [0.2, 0.25) is 0 Å². The molecule has 1 saturated heterocycles. The minimum atomic E-state index is -3.74. The number of alkyl halides is 1. The average Bonchev–Trinajstić information content (AvgIpc) is 2.73. The lowest BCUT2D eigenvalue weighted by Crippen LogP contribution is -2.42. The minimum Gasteiger partial charge on any atom is -0.378 e. The van der Waals surface area contributed by atoms with Gasteiger partial charge in [0.25, 0.3) is 10.0 Å². The molecule has 0 spiro atoms. The van der Waals surface area contributed by atoms with Crippen LogP contribution in [0.4, 0.5) is 10.1 Å². The number of hydrogen-bond donors (Lipinski definition) is 1. The molecule has 0 aromatic heterocycles. The molecule has 1 atom stereocenters. The first-order chi connectivity index (χ1) is 15.1. The number of nitrogens with zero attached hydrogens (tertiary/aromatic N) is 2. The molecule has 5 nitrogen and oxygen atoms in total. The molecule has 176 valence electrons. The Kier molecular flexibility index (Phi) is 7.96.